The number of carbonyl (C=O) groups excluding carboxylic acids is 2. The molecule has 0 bridgehead atoms. The van der Waals surface area contributed by atoms with Crippen LogP contribution in [-0.2, 0) is 22.3 Å². The molecule has 5 aromatic rings. The average molecular weight is 584 g/mol. The Morgan fingerprint density at radius 1 is 0.795 bits per heavy atom. The number of hydrogen-bond donors (Lipinski definition) is 2. The van der Waals surface area contributed by atoms with Gasteiger partial charge in [-0.3, -0.25) is 10.2 Å². The van der Waals surface area contributed by atoms with Gasteiger partial charge < -0.3 is 20.2 Å². The molecule has 0 saturated carbocycles. The molecule has 6 heteroatoms. The summed E-state index contributed by atoms with van der Waals surface area (Å²) < 4.78 is 6.20. The van der Waals surface area contributed by atoms with Gasteiger partial charge in [0.1, 0.15) is 29.2 Å². The first-order valence-electron chi connectivity index (χ1n) is 14.6. The zero-order valence-corrected chi connectivity index (χ0v) is 25.5. The van der Waals surface area contributed by atoms with Crippen LogP contribution in [0.25, 0.3) is 10.8 Å². The summed E-state index contributed by atoms with van der Waals surface area (Å²) >= 11 is 0. The van der Waals surface area contributed by atoms with Gasteiger partial charge in [-0.1, -0.05) is 99.6 Å². The molecular weight excluding hydrogens is 546 g/mol. The monoisotopic (exact) mass is 583 g/mol. The SMILES string of the molecule is CC(C)(C)c1ccc(Oc2cccc(CN(C(=O)c3cccc(C(=N)N)c3)[C@@](C)(C=O)c3cccc4ccccc34)c2)cc1. The van der Waals surface area contributed by atoms with Crippen molar-refractivity contribution in [3.63, 3.8) is 0 Å². The lowest BCUT2D eigenvalue weighted by Crippen LogP contribution is -2.48. The number of nitrogens with two attached hydrogens (primary N) is 1. The highest BCUT2D eigenvalue weighted by Crippen LogP contribution is 2.35. The number of amides is 1. The number of nitrogen functional groups attached to an aromatic ring is 1. The van der Waals surface area contributed by atoms with E-state index in [9.17, 15) is 9.59 Å². The van der Waals surface area contributed by atoms with E-state index in [1.807, 2.05) is 78.9 Å². The van der Waals surface area contributed by atoms with Crippen LogP contribution in [0.5, 0.6) is 11.5 Å². The fourth-order valence-corrected chi connectivity index (χ4v) is 5.41. The molecule has 0 heterocycles. The Bertz CT molecular complexity index is 1830. The Morgan fingerprint density at radius 2 is 1.45 bits per heavy atom. The summed E-state index contributed by atoms with van der Waals surface area (Å²) in [6, 6.07) is 35.8. The van der Waals surface area contributed by atoms with Crippen molar-refractivity contribution in [3.05, 3.63) is 143 Å². The minimum Gasteiger partial charge on any atom is -0.457 e. The molecule has 1 amide bonds. The molecule has 0 aromatic heterocycles. The smallest absolute Gasteiger partial charge is 0.255 e. The largest absolute Gasteiger partial charge is 0.457 e. The number of aldehydes is 1. The van der Waals surface area contributed by atoms with E-state index in [0.717, 1.165) is 22.6 Å². The second-order valence-electron chi connectivity index (χ2n) is 12.2. The van der Waals surface area contributed by atoms with Crippen LogP contribution in [0.4, 0.5) is 0 Å². The number of carbonyl (C=O) groups is 2. The van der Waals surface area contributed by atoms with Crippen LogP contribution in [-0.4, -0.2) is 22.9 Å². The summed E-state index contributed by atoms with van der Waals surface area (Å²) in [6.07, 6.45) is 0.832. The molecule has 0 aliphatic heterocycles. The highest BCUT2D eigenvalue weighted by atomic mass is 16.5. The van der Waals surface area contributed by atoms with Crippen LogP contribution in [0.3, 0.4) is 0 Å². The van der Waals surface area contributed by atoms with Crippen molar-refractivity contribution in [3.8, 4) is 11.5 Å². The van der Waals surface area contributed by atoms with Crippen molar-refractivity contribution in [2.75, 3.05) is 0 Å². The number of ether oxygens (including phenoxy) is 1. The van der Waals surface area contributed by atoms with Crippen molar-refractivity contribution in [1.29, 1.82) is 5.41 Å². The summed E-state index contributed by atoms with van der Waals surface area (Å²) in [5.74, 6) is 0.825. The zero-order valence-electron chi connectivity index (χ0n) is 25.5. The van der Waals surface area contributed by atoms with E-state index in [1.54, 1.807) is 36.1 Å². The van der Waals surface area contributed by atoms with Crippen LogP contribution in [0, 0.1) is 5.41 Å². The number of fused-ring (bicyclic) bond motifs is 1. The summed E-state index contributed by atoms with van der Waals surface area (Å²) in [5, 5.41) is 9.74. The van der Waals surface area contributed by atoms with Gasteiger partial charge in [0, 0.05) is 17.7 Å². The fourth-order valence-electron chi connectivity index (χ4n) is 5.41. The lowest BCUT2D eigenvalue weighted by molar-refractivity contribution is -0.117. The fraction of sp³-hybridized carbons (Fsp3) is 0.184. The van der Waals surface area contributed by atoms with Gasteiger partial charge >= 0.3 is 0 Å². The van der Waals surface area contributed by atoms with E-state index in [0.29, 0.717) is 28.2 Å². The lowest BCUT2D eigenvalue weighted by Gasteiger charge is -2.38. The molecule has 6 nitrogen and oxygen atoms in total. The molecule has 0 aliphatic carbocycles. The van der Waals surface area contributed by atoms with Gasteiger partial charge in [-0.15, -0.1) is 0 Å². The van der Waals surface area contributed by atoms with Gasteiger partial charge in [0.05, 0.1) is 0 Å². The predicted molar refractivity (Wildman–Crippen MR) is 176 cm³/mol. The van der Waals surface area contributed by atoms with Gasteiger partial charge in [0.15, 0.2) is 0 Å². The maximum absolute atomic E-state index is 14.4. The number of rotatable bonds is 9. The van der Waals surface area contributed by atoms with Gasteiger partial charge in [-0.25, -0.2) is 0 Å². The Hall–Kier alpha value is -5.23. The second kappa shape index (κ2) is 12.2. The minimum atomic E-state index is -1.33. The van der Waals surface area contributed by atoms with E-state index in [1.165, 1.54) is 5.56 Å². The summed E-state index contributed by atoms with van der Waals surface area (Å²) in [4.78, 5) is 29.1. The Balaban J connectivity index is 1.55. The van der Waals surface area contributed by atoms with Crippen molar-refractivity contribution in [2.45, 2.75) is 45.2 Å². The Labute approximate surface area is 258 Å². The van der Waals surface area contributed by atoms with E-state index in [-0.39, 0.29) is 23.7 Å². The highest BCUT2D eigenvalue weighted by molar-refractivity contribution is 6.02. The molecule has 0 spiro atoms. The molecule has 5 rings (SSSR count). The Morgan fingerprint density at radius 3 is 2.16 bits per heavy atom. The van der Waals surface area contributed by atoms with Gasteiger partial charge in [-0.2, -0.15) is 0 Å². The van der Waals surface area contributed by atoms with Crippen LogP contribution < -0.4 is 10.5 Å². The number of amidine groups is 1. The summed E-state index contributed by atoms with van der Waals surface area (Å²) in [7, 11) is 0. The molecule has 1 atom stereocenters. The molecule has 0 fully saturated rings. The zero-order chi connectivity index (χ0) is 31.5. The maximum atomic E-state index is 14.4. The van der Waals surface area contributed by atoms with Crippen molar-refractivity contribution < 1.29 is 14.3 Å². The quantitative estimate of drug-likeness (QED) is 0.104. The molecular formula is C38H37N3O3. The third-order valence-electron chi connectivity index (χ3n) is 7.99. The maximum Gasteiger partial charge on any atom is 0.255 e. The lowest BCUT2D eigenvalue weighted by atomic mass is 9.86. The summed E-state index contributed by atoms with van der Waals surface area (Å²) in [5.41, 5.74) is 7.93. The van der Waals surface area contributed by atoms with E-state index >= 15 is 0 Å². The first-order valence-corrected chi connectivity index (χ1v) is 14.6. The van der Waals surface area contributed by atoms with E-state index in [2.05, 4.69) is 32.9 Å². The predicted octanol–water partition coefficient (Wildman–Crippen LogP) is 7.97. The van der Waals surface area contributed by atoms with E-state index < -0.39 is 5.54 Å². The first kappa shape index (κ1) is 30.2. The van der Waals surface area contributed by atoms with Crippen LogP contribution in [0.1, 0.15) is 60.3 Å². The molecule has 44 heavy (non-hydrogen) atoms. The van der Waals surface area contributed by atoms with E-state index in [4.69, 9.17) is 15.9 Å². The standard InChI is InChI=1S/C38H37N3O3/c1-37(2,3)30-18-20-31(21-19-30)44-32-15-7-10-26(22-32)24-41(36(43)29-14-8-13-28(23-29)35(39)40)38(4,25-42)34-17-9-12-27-11-5-6-16-33(27)34/h5-23,25H,24H2,1-4H3,(H3,39,40)/t38-/m0/s1. The van der Waals surface area contributed by atoms with Gasteiger partial charge in [0.2, 0.25) is 0 Å². The number of benzene rings is 5. The van der Waals surface area contributed by atoms with Crippen molar-refractivity contribution in [1.82, 2.24) is 4.90 Å². The molecule has 0 saturated heterocycles. The molecule has 5 aromatic carbocycles. The normalized spacial score (nSPS) is 12.7. The third kappa shape index (κ3) is 6.25. The number of hydrogen-bond acceptors (Lipinski definition) is 4. The van der Waals surface area contributed by atoms with Gasteiger partial charge in [-0.05, 0) is 76.2 Å². The average Bonchev–Trinajstić information content (AvgIpc) is 3.03. The van der Waals surface area contributed by atoms with Crippen molar-refractivity contribution in [2.24, 2.45) is 5.73 Å². The van der Waals surface area contributed by atoms with Crippen LogP contribution in [0.15, 0.2) is 115 Å². The Kier molecular flexibility index (Phi) is 8.36. The topological polar surface area (TPSA) is 96.5 Å². The number of nitrogens with zero attached hydrogens (tertiary/aromatic N) is 1. The minimum absolute atomic E-state index is 0.0354. The van der Waals surface area contributed by atoms with Crippen LogP contribution in [0.2, 0.25) is 0 Å². The molecule has 0 aliphatic rings. The molecule has 0 unspecified atom stereocenters. The van der Waals surface area contributed by atoms with Crippen molar-refractivity contribution >= 4 is 28.8 Å². The highest BCUT2D eigenvalue weighted by Gasteiger charge is 2.39. The molecule has 3 N–H and O–H groups in total. The van der Waals surface area contributed by atoms with Gasteiger partial charge in [0.25, 0.3) is 5.91 Å². The second-order valence-corrected chi connectivity index (χ2v) is 12.2. The first-order chi connectivity index (χ1) is 21.0. The van der Waals surface area contributed by atoms with Crippen LogP contribution >= 0.6 is 0 Å². The number of nitrogens with one attached hydrogen (secondary N) is 1. The summed E-state index contributed by atoms with van der Waals surface area (Å²) in [6.45, 7) is 8.40. The third-order valence-corrected chi connectivity index (χ3v) is 7.99. The molecule has 0 radical (unpaired) electrons. The molecule has 222 valence electrons.